The van der Waals surface area contributed by atoms with Crippen LogP contribution in [-0.4, -0.2) is 15.4 Å². The lowest BCUT2D eigenvalue weighted by atomic mass is 10.3. The summed E-state index contributed by atoms with van der Waals surface area (Å²) in [6.07, 6.45) is 1.55. The van der Waals surface area contributed by atoms with Crippen LogP contribution in [0, 0.1) is 6.92 Å². The Morgan fingerprint density at radius 1 is 1.64 bits per heavy atom. The predicted octanol–water partition coefficient (Wildman–Crippen LogP) is 1.76. The van der Waals surface area contributed by atoms with Crippen LogP contribution in [0.1, 0.15) is 11.3 Å². The molecule has 3 nitrogen and oxygen atoms in total. The maximum absolute atomic E-state index is 8.29. The largest absolute Gasteiger partial charge is 0.410 e. The molecule has 58 valence electrons. The van der Waals surface area contributed by atoms with Crippen LogP contribution in [0.4, 0.5) is 0 Å². The number of halogens is 1. The summed E-state index contributed by atoms with van der Waals surface area (Å²) >= 11 is 5.50. The van der Waals surface area contributed by atoms with Crippen molar-refractivity contribution in [3.8, 4) is 0 Å². The molecule has 4 heteroatoms. The third-order valence-corrected chi connectivity index (χ3v) is 1.53. The predicted molar refractivity (Wildman–Crippen MR) is 43.2 cm³/mol. The fourth-order valence-electron chi connectivity index (χ4n) is 0.648. The van der Waals surface area contributed by atoms with Crippen LogP contribution in [0.2, 0.25) is 0 Å². The zero-order valence-corrected chi connectivity index (χ0v) is 6.71. The van der Waals surface area contributed by atoms with E-state index < -0.39 is 0 Å². The molecule has 0 amide bonds. The van der Waals surface area contributed by atoms with Gasteiger partial charge in [-0.3, -0.25) is 4.98 Å². The quantitative estimate of drug-likeness (QED) is 0.397. The minimum atomic E-state index is 0.0532. The molecule has 0 fully saturated rings. The van der Waals surface area contributed by atoms with Gasteiger partial charge in [0.2, 0.25) is 0 Å². The molecule has 0 aliphatic rings. The molecular weight excluding hydrogens is 164 g/mol. The molecule has 0 saturated carbocycles. The Morgan fingerprint density at radius 3 is 2.82 bits per heavy atom. The first-order chi connectivity index (χ1) is 5.24. The molecule has 0 unspecified atom stereocenters. The zero-order chi connectivity index (χ0) is 8.27. The standard InChI is InChI=1S/C7H7ClN2O/c1-5-2-3-6(4-9-5)7(8)10-11/h2-4,11H,1H3/b10-7+. The monoisotopic (exact) mass is 170 g/mol. The highest BCUT2D eigenvalue weighted by molar-refractivity contribution is 6.69. The normalized spacial score (nSPS) is 11.6. The lowest BCUT2D eigenvalue weighted by Gasteiger charge is -1.94. The van der Waals surface area contributed by atoms with E-state index in [2.05, 4.69) is 10.1 Å². The fourth-order valence-corrected chi connectivity index (χ4v) is 0.759. The minimum absolute atomic E-state index is 0.0532. The van der Waals surface area contributed by atoms with Crippen molar-refractivity contribution in [1.29, 1.82) is 0 Å². The highest BCUT2D eigenvalue weighted by Crippen LogP contribution is 2.03. The second kappa shape index (κ2) is 3.34. The Morgan fingerprint density at radius 2 is 2.36 bits per heavy atom. The van der Waals surface area contributed by atoms with E-state index in [-0.39, 0.29) is 5.17 Å². The van der Waals surface area contributed by atoms with Gasteiger partial charge in [0.15, 0.2) is 5.17 Å². The van der Waals surface area contributed by atoms with Gasteiger partial charge in [-0.15, -0.1) is 0 Å². The van der Waals surface area contributed by atoms with Crippen LogP contribution >= 0.6 is 11.6 Å². The number of hydrogen-bond acceptors (Lipinski definition) is 3. The molecule has 1 aromatic heterocycles. The Hall–Kier alpha value is -1.09. The fraction of sp³-hybridized carbons (Fsp3) is 0.143. The number of hydrogen-bond donors (Lipinski definition) is 1. The number of aromatic nitrogens is 1. The summed E-state index contributed by atoms with van der Waals surface area (Å²) in [6.45, 7) is 1.87. The summed E-state index contributed by atoms with van der Waals surface area (Å²) in [7, 11) is 0. The maximum Gasteiger partial charge on any atom is 0.176 e. The molecule has 1 rings (SSSR count). The van der Waals surface area contributed by atoms with Gasteiger partial charge in [0.05, 0.1) is 0 Å². The molecule has 0 aliphatic heterocycles. The van der Waals surface area contributed by atoms with Crippen LogP contribution in [0.3, 0.4) is 0 Å². The Labute approximate surface area is 69.3 Å². The smallest absolute Gasteiger partial charge is 0.176 e. The Balaban J connectivity index is 2.99. The van der Waals surface area contributed by atoms with E-state index >= 15 is 0 Å². The molecule has 0 aliphatic carbocycles. The van der Waals surface area contributed by atoms with E-state index in [1.807, 2.05) is 6.92 Å². The molecule has 1 N–H and O–H groups in total. The number of pyridine rings is 1. The van der Waals surface area contributed by atoms with E-state index in [4.69, 9.17) is 16.8 Å². The summed E-state index contributed by atoms with van der Waals surface area (Å²) in [6, 6.07) is 3.54. The second-order valence-electron chi connectivity index (χ2n) is 2.08. The molecular formula is C7H7ClN2O. The lowest BCUT2D eigenvalue weighted by Crippen LogP contribution is -1.92. The van der Waals surface area contributed by atoms with Gasteiger partial charge in [-0.1, -0.05) is 16.8 Å². The number of oxime groups is 1. The first kappa shape index (κ1) is 8.01. The lowest BCUT2D eigenvalue weighted by molar-refractivity contribution is 0.321. The number of aryl methyl sites for hydroxylation is 1. The summed E-state index contributed by atoms with van der Waals surface area (Å²) < 4.78 is 0. The van der Waals surface area contributed by atoms with E-state index in [1.165, 1.54) is 0 Å². The Kier molecular flexibility index (Phi) is 2.44. The van der Waals surface area contributed by atoms with E-state index in [1.54, 1.807) is 18.3 Å². The van der Waals surface area contributed by atoms with Gasteiger partial charge in [0.25, 0.3) is 0 Å². The number of nitrogens with zero attached hydrogens (tertiary/aromatic N) is 2. The van der Waals surface area contributed by atoms with Crippen LogP contribution < -0.4 is 0 Å². The summed E-state index contributed by atoms with van der Waals surface area (Å²) in [4.78, 5) is 3.97. The molecule has 0 atom stereocenters. The maximum atomic E-state index is 8.29. The first-order valence-electron chi connectivity index (χ1n) is 3.04. The third kappa shape index (κ3) is 1.91. The zero-order valence-electron chi connectivity index (χ0n) is 5.95. The molecule has 0 bridgehead atoms. The van der Waals surface area contributed by atoms with E-state index in [0.29, 0.717) is 5.56 Å². The molecule has 0 radical (unpaired) electrons. The van der Waals surface area contributed by atoms with E-state index in [0.717, 1.165) is 5.69 Å². The minimum Gasteiger partial charge on any atom is -0.410 e. The van der Waals surface area contributed by atoms with Crippen molar-refractivity contribution < 1.29 is 5.21 Å². The molecule has 0 aromatic carbocycles. The highest BCUT2D eigenvalue weighted by Gasteiger charge is 1.98. The SMILES string of the molecule is Cc1ccc(/C(Cl)=N\O)cn1. The molecule has 1 heterocycles. The second-order valence-corrected chi connectivity index (χ2v) is 2.44. The van der Waals surface area contributed by atoms with Crippen molar-refractivity contribution in [2.24, 2.45) is 5.16 Å². The summed E-state index contributed by atoms with van der Waals surface area (Å²) in [5.41, 5.74) is 1.51. The van der Waals surface area contributed by atoms with Gasteiger partial charge in [0.1, 0.15) is 0 Å². The van der Waals surface area contributed by atoms with Gasteiger partial charge in [-0.05, 0) is 19.1 Å². The van der Waals surface area contributed by atoms with Crippen LogP contribution in [-0.2, 0) is 0 Å². The topological polar surface area (TPSA) is 45.5 Å². The first-order valence-corrected chi connectivity index (χ1v) is 3.42. The molecule has 0 saturated heterocycles. The van der Waals surface area contributed by atoms with Crippen molar-refractivity contribution in [3.63, 3.8) is 0 Å². The number of rotatable bonds is 1. The highest BCUT2D eigenvalue weighted by atomic mass is 35.5. The molecule has 11 heavy (non-hydrogen) atoms. The van der Waals surface area contributed by atoms with Crippen LogP contribution in [0.25, 0.3) is 0 Å². The average Bonchev–Trinajstić information content (AvgIpc) is 2.05. The van der Waals surface area contributed by atoms with Crippen molar-refractivity contribution in [1.82, 2.24) is 4.98 Å². The Bertz CT molecular complexity index is 268. The van der Waals surface area contributed by atoms with Crippen molar-refractivity contribution >= 4 is 16.8 Å². The van der Waals surface area contributed by atoms with E-state index in [9.17, 15) is 0 Å². The summed E-state index contributed by atoms with van der Waals surface area (Å²) in [5, 5.41) is 11.2. The van der Waals surface area contributed by atoms with Gasteiger partial charge in [0, 0.05) is 17.5 Å². The average molecular weight is 171 g/mol. The van der Waals surface area contributed by atoms with Crippen molar-refractivity contribution in [2.45, 2.75) is 6.92 Å². The van der Waals surface area contributed by atoms with Crippen molar-refractivity contribution in [2.75, 3.05) is 0 Å². The van der Waals surface area contributed by atoms with Gasteiger partial charge in [-0.25, -0.2) is 0 Å². The molecule has 0 spiro atoms. The van der Waals surface area contributed by atoms with Crippen LogP contribution in [0.5, 0.6) is 0 Å². The summed E-state index contributed by atoms with van der Waals surface area (Å²) in [5.74, 6) is 0. The van der Waals surface area contributed by atoms with Crippen LogP contribution in [0.15, 0.2) is 23.5 Å². The van der Waals surface area contributed by atoms with Gasteiger partial charge in [-0.2, -0.15) is 0 Å². The van der Waals surface area contributed by atoms with Gasteiger partial charge < -0.3 is 5.21 Å². The van der Waals surface area contributed by atoms with Gasteiger partial charge >= 0.3 is 0 Å². The van der Waals surface area contributed by atoms with Crippen molar-refractivity contribution in [3.05, 3.63) is 29.6 Å². The third-order valence-electron chi connectivity index (χ3n) is 1.24. The molecule has 1 aromatic rings.